The fourth-order valence-electron chi connectivity index (χ4n) is 2.12. The second-order valence-electron chi connectivity index (χ2n) is 4.34. The topological polar surface area (TPSA) is 38.1 Å². The minimum absolute atomic E-state index is 0.0345. The van der Waals surface area contributed by atoms with Crippen molar-refractivity contribution < 1.29 is 5.11 Å². The van der Waals surface area contributed by atoms with Gasteiger partial charge in [0.1, 0.15) is 5.65 Å². The third kappa shape index (κ3) is 2.00. The molecule has 3 aromatic rings. The van der Waals surface area contributed by atoms with Gasteiger partial charge in [0.2, 0.25) is 0 Å². The first-order valence-electron chi connectivity index (χ1n) is 5.95. The van der Waals surface area contributed by atoms with Crippen LogP contribution in [0.5, 0.6) is 0 Å². The Morgan fingerprint density at radius 2 is 1.89 bits per heavy atom. The molecule has 0 spiro atoms. The third-order valence-corrected chi connectivity index (χ3v) is 3.04. The van der Waals surface area contributed by atoms with Gasteiger partial charge < -0.3 is 9.67 Å². The van der Waals surface area contributed by atoms with Crippen LogP contribution in [0, 0.1) is 0 Å². The normalized spacial score (nSPS) is 10.9. The molecular weight excluding hydrogens is 224 g/mol. The molecule has 0 aliphatic carbocycles. The van der Waals surface area contributed by atoms with E-state index in [1.165, 1.54) is 5.56 Å². The second kappa shape index (κ2) is 4.63. The minimum atomic E-state index is 0.0345. The standard InChI is InChI=1S/C15H14N2O/c18-11-13-8-14-6-7-17(15(14)16-9-13)10-12-4-2-1-3-5-12/h1-9,18H,10-11H2. The molecule has 0 amide bonds. The van der Waals surface area contributed by atoms with Gasteiger partial charge in [0.15, 0.2) is 0 Å². The average molecular weight is 238 g/mol. The summed E-state index contributed by atoms with van der Waals surface area (Å²) in [6.45, 7) is 0.850. The molecule has 3 heteroatoms. The van der Waals surface area contributed by atoms with Crippen molar-refractivity contribution >= 4 is 11.0 Å². The van der Waals surface area contributed by atoms with Crippen LogP contribution in [0.15, 0.2) is 54.9 Å². The summed E-state index contributed by atoms with van der Waals surface area (Å²) in [6.07, 6.45) is 3.76. The number of aromatic nitrogens is 2. The molecule has 0 fully saturated rings. The first-order chi connectivity index (χ1) is 8.86. The van der Waals surface area contributed by atoms with E-state index in [9.17, 15) is 0 Å². The number of benzene rings is 1. The van der Waals surface area contributed by atoms with Crippen LogP contribution in [-0.2, 0) is 13.2 Å². The molecule has 0 aliphatic heterocycles. The zero-order chi connectivity index (χ0) is 12.4. The molecule has 0 unspecified atom stereocenters. The van der Waals surface area contributed by atoms with Crippen LogP contribution in [0.4, 0.5) is 0 Å². The lowest BCUT2D eigenvalue weighted by Gasteiger charge is -2.05. The lowest BCUT2D eigenvalue weighted by atomic mass is 10.2. The van der Waals surface area contributed by atoms with E-state index in [0.29, 0.717) is 0 Å². The van der Waals surface area contributed by atoms with Gasteiger partial charge in [-0.05, 0) is 23.3 Å². The number of rotatable bonds is 3. The third-order valence-electron chi connectivity index (χ3n) is 3.04. The summed E-state index contributed by atoms with van der Waals surface area (Å²) in [5, 5.41) is 10.2. The highest BCUT2D eigenvalue weighted by Gasteiger charge is 2.03. The van der Waals surface area contributed by atoms with Crippen LogP contribution in [0.3, 0.4) is 0 Å². The number of fused-ring (bicyclic) bond motifs is 1. The second-order valence-corrected chi connectivity index (χ2v) is 4.34. The van der Waals surface area contributed by atoms with E-state index in [1.54, 1.807) is 6.20 Å². The van der Waals surface area contributed by atoms with Gasteiger partial charge in [0.05, 0.1) is 6.61 Å². The highest BCUT2D eigenvalue weighted by molar-refractivity contribution is 5.76. The summed E-state index contributed by atoms with van der Waals surface area (Å²) in [6, 6.07) is 14.3. The SMILES string of the molecule is OCc1cnc2c(ccn2Cc2ccccc2)c1. The Balaban J connectivity index is 1.98. The molecule has 0 saturated carbocycles. The maximum Gasteiger partial charge on any atom is 0.140 e. The van der Waals surface area contributed by atoms with Gasteiger partial charge in [0.25, 0.3) is 0 Å². The van der Waals surface area contributed by atoms with E-state index in [-0.39, 0.29) is 6.61 Å². The van der Waals surface area contributed by atoms with Gasteiger partial charge in [-0.3, -0.25) is 0 Å². The van der Waals surface area contributed by atoms with E-state index in [0.717, 1.165) is 23.1 Å². The van der Waals surface area contributed by atoms with Crippen LogP contribution in [0.2, 0.25) is 0 Å². The predicted octanol–water partition coefficient (Wildman–Crippen LogP) is 2.58. The Labute approximate surface area is 105 Å². The van der Waals surface area contributed by atoms with Gasteiger partial charge in [-0.15, -0.1) is 0 Å². The first-order valence-corrected chi connectivity index (χ1v) is 5.95. The lowest BCUT2D eigenvalue weighted by Crippen LogP contribution is -1.99. The van der Waals surface area contributed by atoms with E-state index in [2.05, 4.69) is 21.7 Å². The molecule has 3 nitrogen and oxygen atoms in total. The Kier molecular flexibility index (Phi) is 2.82. The largest absolute Gasteiger partial charge is 0.392 e. The van der Waals surface area contributed by atoms with Gasteiger partial charge in [0, 0.05) is 24.3 Å². The summed E-state index contributed by atoms with van der Waals surface area (Å²) < 4.78 is 2.12. The van der Waals surface area contributed by atoms with E-state index in [1.807, 2.05) is 36.5 Å². The summed E-state index contributed by atoms with van der Waals surface area (Å²) >= 11 is 0. The Bertz CT molecular complexity index is 659. The maximum absolute atomic E-state index is 9.09. The van der Waals surface area contributed by atoms with Crippen molar-refractivity contribution in [2.75, 3.05) is 0 Å². The number of aliphatic hydroxyl groups is 1. The van der Waals surface area contributed by atoms with Crippen LogP contribution < -0.4 is 0 Å². The minimum Gasteiger partial charge on any atom is -0.392 e. The average Bonchev–Trinajstić information content (AvgIpc) is 2.82. The van der Waals surface area contributed by atoms with Crippen LogP contribution >= 0.6 is 0 Å². The fourth-order valence-corrected chi connectivity index (χ4v) is 2.12. The van der Waals surface area contributed by atoms with Crippen LogP contribution in [0.25, 0.3) is 11.0 Å². The van der Waals surface area contributed by atoms with Gasteiger partial charge in [-0.1, -0.05) is 30.3 Å². The molecule has 0 aliphatic rings. The number of hydrogen-bond acceptors (Lipinski definition) is 2. The summed E-state index contributed by atoms with van der Waals surface area (Å²) in [5.41, 5.74) is 3.05. The molecule has 0 bridgehead atoms. The molecule has 18 heavy (non-hydrogen) atoms. The van der Waals surface area contributed by atoms with E-state index >= 15 is 0 Å². The molecule has 1 N–H and O–H groups in total. The maximum atomic E-state index is 9.09. The van der Waals surface area contributed by atoms with Crippen molar-refractivity contribution in [1.82, 2.24) is 9.55 Å². The molecule has 0 saturated heterocycles. The zero-order valence-corrected chi connectivity index (χ0v) is 9.95. The quantitative estimate of drug-likeness (QED) is 0.761. The Morgan fingerprint density at radius 1 is 1.06 bits per heavy atom. The van der Waals surface area contributed by atoms with Crippen molar-refractivity contribution in [2.24, 2.45) is 0 Å². The van der Waals surface area contributed by atoms with Gasteiger partial charge >= 0.3 is 0 Å². The highest BCUT2D eigenvalue weighted by Crippen LogP contribution is 2.16. The molecular formula is C15H14N2O. The molecule has 0 atom stereocenters. The van der Waals surface area contributed by atoms with Gasteiger partial charge in [-0.2, -0.15) is 0 Å². The molecule has 2 heterocycles. The van der Waals surface area contributed by atoms with Crippen molar-refractivity contribution in [3.05, 3.63) is 66.0 Å². The number of hydrogen-bond donors (Lipinski definition) is 1. The molecule has 1 aromatic carbocycles. The van der Waals surface area contributed by atoms with Crippen LogP contribution in [0.1, 0.15) is 11.1 Å². The summed E-state index contributed by atoms with van der Waals surface area (Å²) in [7, 11) is 0. The van der Waals surface area contributed by atoms with Crippen molar-refractivity contribution in [3.8, 4) is 0 Å². The van der Waals surface area contributed by atoms with Crippen molar-refractivity contribution in [1.29, 1.82) is 0 Å². The molecule has 90 valence electrons. The first kappa shape index (κ1) is 11.0. The monoisotopic (exact) mass is 238 g/mol. The number of nitrogens with zero attached hydrogens (tertiary/aromatic N) is 2. The smallest absolute Gasteiger partial charge is 0.140 e. The van der Waals surface area contributed by atoms with E-state index < -0.39 is 0 Å². The highest BCUT2D eigenvalue weighted by atomic mass is 16.3. The van der Waals surface area contributed by atoms with Crippen molar-refractivity contribution in [3.63, 3.8) is 0 Å². The van der Waals surface area contributed by atoms with E-state index in [4.69, 9.17) is 5.11 Å². The summed E-state index contributed by atoms with van der Waals surface area (Å²) in [5.74, 6) is 0. The number of aliphatic hydroxyl groups excluding tert-OH is 1. The fraction of sp³-hybridized carbons (Fsp3) is 0.133. The predicted molar refractivity (Wildman–Crippen MR) is 71.2 cm³/mol. The molecule has 0 radical (unpaired) electrons. The Hall–Kier alpha value is -2.13. The zero-order valence-electron chi connectivity index (χ0n) is 9.95. The molecule has 2 aromatic heterocycles. The van der Waals surface area contributed by atoms with Crippen molar-refractivity contribution in [2.45, 2.75) is 13.2 Å². The molecule has 3 rings (SSSR count). The Morgan fingerprint density at radius 3 is 2.67 bits per heavy atom. The lowest BCUT2D eigenvalue weighted by molar-refractivity contribution is 0.281. The van der Waals surface area contributed by atoms with Crippen LogP contribution in [-0.4, -0.2) is 14.7 Å². The summed E-state index contributed by atoms with van der Waals surface area (Å²) in [4.78, 5) is 4.41. The number of pyridine rings is 1. The van der Waals surface area contributed by atoms with Gasteiger partial charge in [-0.25, -0.2) is 4.98 Å².